The van der Waals surface area contributed by atoms with Crippen molar-refractivity contribution in [2.24, 2.45) is 0 Å². The van der Waals surface area contributed by atoms with Crippen molar-refractivity contribution in [2.45, 2.75) is 25.7 Å². The lowest BCUT2D eigenvalue weighted by Crippen LogP contribution is -2.21. The average Bonchev–Trinajstić information content (AvgIpc) is 2.59. The Morgan fingerprint density at radius 3 is 2.14 bits per heavy atom. The Hall–Kier alpha value is -2.47. The molecule has 0 bridgehead atoms. The van der Waals surface area contributed by atoms with Gasteiger partial charge < -0.3 is 4.90 Å². The van der Waals surface area contributed by atoms with Gasteiger partial charge in [0, 0.05) is 25.4 Å². The van der Waals surface area contributed by atoms with Crippen LogP contribution in [0.25, 0.3) is 0 Å². The molecule has 22 heavy (non-hydrogen) atoms. The second-order valence-electron chi connectivity index (χ2n) is 4.87. The molecule has 0 saturated heterocycles. The van der Waals surface area contributed by atoms with Crippen LogP contribution in [0.2, 0.25) is 0 Å². The van der Waals surface area contributed by atoms with E-state index in [0.717, 1.165) is 37.4 Å². The molecule has 2 heterocycles. The van der Waals surface area contributed by atoms with Gasteiger partial charge in [-0.2, -0.15) is 0 Å². The molecule has 2 rings (SSSR count). The third-order valence-electron chi connectivity index (χ3n) is 3.26. The van der Waals surface area contributed by atoms with Gasteiger partial charge >= 0.3 is 0 Å². The number of rotatable bonds is 8. The third-order valence-corrected chi connectivity index (χ3v) is 3.26. The lowest BCUT2D eigenvalue weighted by molar-refractivity contribution is -0.129. The predicted octanol–water partition coefficient (Wildman–Crippen LogP) is 2.68. The van der Waals surface area contributed by atoms with Crippen molar-refractivity contribution in [1.29, 1.82) is 0 Å². The number of hydroxylamine groups is 1. The fourth-order valence-corrected chi connectivity index (χ4v) is 2.16. The number of carbonyl (C=O) groups excluding carboxylic acids is 1. The smallest absolute Gasteiger partial charge is 0.243 e. The highest BCUT2D eigenvalue weighted by Crippen LogP contribution is 2.21. The molecule has 0 aromatic carbocycles. The summed E-state index contributed by atoms with van der Waals surface area (Å²) in [5, 5.41) is 8.45. The quantitative estimate of drug-likeness (QED) is 0.445. The summed E-state index contributed by atoms with van der Waals surface area (Å²) in [5.41, 5.74) is 1.65. The minimum atomic E-state index is -0.341. The van der Waals surface area contributed by atoms with E-state index in [2.05, 4.69) is 14.9 Å². The van der Waals surface area contributed by atoms with Crippen LogP contribution in [0, 0.1) is 0 Å². The number of anilines is 2. The number of aromatic nitrogens is 2. The van der Waals surface area contributed by atoms with Crippen LogP contribution in [-0.4, -0.2) is 27.6 Å². The average molecular weight is 300 g/mol. The third kappa shape index (κ3) is 4.82. The second kappa shape index (κ2) is 8.74. The zero-order chi connectivity index (χ0) is 15.6. The summed E-state index contributed by atoms with van der Waals surface area (Å²) < 4.78 is 0. The molecule has 0 aliphatic carbocycles. The molecule has 0 unspecified atom stereocenters. The summed E-state index contributed by atoms with van der Waals surface area (Å²) in [5.74, 6) is 1.37. The molecule has 6 nitrogen and oxygen atoms in total. The maximum atomic E-state index is 11.0. The molecule has 116 valence electrons. The van der Waals surface area contributed by atoms with Crippen molar-refractivity contribution in [3.8, 4) is 0 Å². The monoisotopic (exact) mass is 300 g/mol. The number of hydrogen-bond donors (Lipinski definition) is 2. The summed E-state index contributed by atoms with van der Waals surface area (Å²) in [6.07, 6.45) is 6.40. The molecule has 0 saturated carbocycles. The number of carbonyl (C=O) groups is 1. The molecule has 0 fully saturated rings. The van der Waals surface area contributed by atoms with E-state index in [-0.39, 0.29) is 5.91 Å². The van der Waals surface area contributed by atoms with Crippen molar-refractivity contribution in [1.82, 2.24) is 15.4 Å². The maximum absolute atomic E-state index is 11.0. The lowest BCUT2D eigenvalue weighted by atomic mass is 10.2. The van der Waals surface area contributed by atoms with Crippen LogP contribution in [0.4, 0.5) is 11.6 Å². The van der Waals surface area contributed by atoms with Gasteiger partial charge in [0.2, 0.25) is 5.91 Å². The molecule has 0 aliphatic heterocycles. The fourth-order valence-electron chi connectivity index (χ4n) is 2.16. The minimum Gasteiger partial charge on any atom is -0.311 e. The van der Waals surface area contributed by atoms with E-state index in [9.17, 15) is 4.79 Å². The van der Waals surface area contributed by atoms with Gasteiger partial charge in [-0.05, 0) is 37.1 Å². The molecule has 0 aliphatic rings. The molecule has 2 aromatic heterocycles. The highest BCUT2D eigenvalue weighted by molar-refractivity contribution is 5.74. The second-order valence-corrected chi connectivity index (χ2v) is 4.87. The van der Waals surface area contributed by atoms with Crippen molar-refractivity contribution in [2.75, 3.05) is 11.4 Å². The van der Waals surface area contributed by atoms with Crippen molar-refractivity contribution in [3.05, 3.63) is 48.8 Å². The number of hydrogen-bond acceptors (Lipinski definition) is 5. The van der Waals surface area contributed by atoms with Gasteiger partial charge in [0.05, 0.1) is 0 Å². The van der Waals surface area contributed by atoms with Crippen LogP contribution in [0.1, 0.15) is 25.7 Å². The topological polar surface area (TPSA) is 78.4 Å². The summed E-state index contributed by atoms with van der Waals surface area (Å²) in [6, 6.07) is 11.6. The molecule has 0 spiro atoms. The van der Waals surface area contributed by atoms with Gasteiger partial charge in [-0.1, -0.05) is 18.6 Å². The molecular weight excluding hydrogens is 280 g/mol. The van der Waals surface area contributed by atoms with Gasteiger partial charge in [0.1, 0.15) is 11.6 Å². The Morgan fingerprint density at radius 2 is 1.64 bits per heavy atom. The van der Waals surface area contributed by atoms with Crippen LogP contribution in [0.3, 0.4) is 0 Å². The molecule has 1 amide bonds. The summed E-state index contributed by atoms with van der Waals surface area (Å²) in [6.45, 7) is 0.773. The van der Waals surface area contributed by atoms with E-state index >= 15 is 0 Å². The summed E-state index contributed by atoms with van der Waals surface area (Å²) in [7, 11) is 0. The van der Waals surface area contributed by atoms with Crippen LogP contribution in [0.15, 0.2) is 48.8 Å². The predicted molar refractivity (Wildman–Crippen MR) is 83.9 cm³/mol. The van der Waals surface area contributed by atoms with E-state index in [1.165, 1.54) is 0 Å². The number of nitrogens with one attached hydrogen (secondary N) is 1. The number of unbranched alkanes of at least 4 members (excludes halogenated alkanes) is 2. The normalized spacial score (nSPS) is 10.2. The Bertz CT molecular complexity index is 523. The van der Waals surface area contributed by atoms with Crippen molar-refractivity contribution >= 4 is 17.5 Å². The SMILES string of the molecule is O=C(CCCCCN(c1ccccn1)c1ccccn1)NO. The zero-order valence-corrected chi connectivity index (χ0v) is 12.4. The Morgan fingerprint density at radius 1 is 1.00 bits per heavy atom. The van der Waals surface area contributed by atoms with Crippen LogP contribution in [-0.2, 0) is 4.79 Å². The minimum absolute atomic E-state index is 0.337. The Labute approximate surface area is 129 Å². The van der Waals surface area contributed by atoms with Crippen molar-refractivity contribution < 1.29 is 10.0 Å². The highest BCUT2D eigenvalue weighted by atomic mass is 16.5. The Balaban J connectivity index is 1.93. The van der Waals surface area contributed by atoms with E-state index in [1.807, 2.05) is 36.4 Å². The number of amides is 1. The fraction of sp³-hybridized carbons (Fsp3) is 0.312. The molecule has 2 aromatic rings. The van der Waals surface area contributed by atoms with Crippen molar-refractivity contribution in [3.63, 3.8) is 0 Å². The largest absolute Gasteiger partial charge is 0.311 e. The molecular formula is C16H20N4O2. The first-order valence-corrected chi connectivity index (χ1v) is 7.34. The van der Waals surface area contributed by atoms with Gasteiger partial charge in [-0.3, -0.25) is 10.0 Å². The maximum Gasteiger partial charge on any atom is 0.243 e. The first kappa shape index (κ1) is 15.9. The van der Waals surface area contributed by atoms with Gasteiger partial charge in [-0.25, -0.2) is 15.4 Å². The molecule has 2 N–H and O–H groups in total. The highest BCUT2D eigenvalue weighted by Gasteiger charge is 2.10. The number of nitrogens with zero attached hydrogens (tertiary/aromatic N) is 3. The molecule has 0 radical (unpaired) electrons. The van der Waals surface area contributed by atoms with Gasteiger partial charge in [0.15, 0.2) is 0 Å². The standard InChI is InChI=1S/C16H20N4O2/c21-16(19-22)10-2-1-7-13-20(14-8-3-5-11-17-14)15-9-4-6-12-18-15/h3-6,8-9,11-12,22H,1-2,7,10,13H2,(H,19,21). The van der Waals surface area contributed by atoms with E-state index in [0.29, 0.717) is 6.42 Å². The van der Waals surface area contributed by atoms with E-state index in [4.69, 9.17) is 5.21 Å². The first-order valence-electron chi connectivity index (χ1n) is 7.34. The first-order chi connectivity index (χ1) is 10.8. The molecule has 6 heteroatoms. The van der Waals surface area contributed by atoms with Crippen LogP contribution >= 0.6 is 0 Å². The van der Waals surface area contributed by atoms with E-state index in [1.54, 1.807) is 17.9 Å². The zero-order valence-electron chi connectivity index (χ0n) is 12.4. The number of pyridine rings is 2. The van der Waals surface area contributed by atoms with E-state index < -0.39 is 0 Å². The summed E-state index contributed by atoms with van der Waals surface area (Å²) >= 11 is 0. The Kier molecular flexibility index (Phi) is 6.32. The van der Waals surface area contributed by atoms with Gasteiger partial charge in [-0.15, -0.1) is 0 Å². The van der Waals surface area contributed by atoms with Crippen LogP contribution in [0.5, 0.6) is 0 Å². The molecule has 0 atom stereocenters. The summed E-state index contributed by atoms with van der Waals surface area (Å²) in [4.78, 5) is 21.8. The lowest BCUT2D eigenvalue weighted by Gasteiger charge is -2.22. The van der Waals surface area contributed by atoms with Gasteiger partial charge in [0.25, 0.3) is 0 Å². The van der Waals surface area contributed by atoms with Crippen LogP contribution < -0.4 is 10.4 Å².